The zero-order valence-corrected chi connectivity index (χ0v) is 22.3. The molecule has 2 amide bonds. The van der Waals surface area contributed by atoms with Crippen molar-refractivity contribution in [1.82, 2.24) is 0 Å². The third kappa shape index (κ3) is 3.34. The lowest BCUT2D eigenvalue weighted by molar-refractivity contribution is -0.122. The van der Waals surface area contributed by atoms with Gasteiger partial charge in [-0.25, -0.2) is 4.90 Å². The van der Waals surface area contributed by atoms with E-state index in [0.717, 1.165) is 0 Å². The predicted octanol–water partition coefficient (Wildman–Crippen LogP) is 6.68. The second-order valence-corrected chi connectivity index (χ2v) is 13.6. The molecule has 5 rings (SSSR count). The molecule has 178 valence electrons. The number of carbonyl (C=O) groups excluding carboxylic acids is 2. The van der Waals surface area contributed by atoms with Crippen molar-refractivity contribution in [2.24, 2.45) is 11.8 Å². The van der Waals surface area contributed by atoms with Gasteiger partial charge in [0.2, 0.25) is 11.8 Å². The van der Waals surface area contributed by atoms with Crippen LogP contribution in [0.2, 0.25) is 0 Å². The maximum atomic E-state index is 13.8. The summed E-state index contributed by atoms with van der Waals surface area (Å²) in [7, 11) is -0.664. The Morgan fingerprint density at radius 2 is 1.35 bits per heavy atom. The van der Waals surface area contributed by atoms with Crippen LogP contribution in [0.25, 0.3) is 0 Å². The summed E-state index contributed by atoms with van der Waals surface area (Å²) < 4.78 is 0. The minimum absolute atomic E-state index is 0.000874. The smallest absolute Gasteiger partial charge is 0.238 e. The van der Waals surface area contributed by atoms with E-state index in [-0.39, 0.29) is 35.0 Å². The van der Waals surface area contributed by atoms with E-state index in [1.54, 1.807) is 0 Å². The summed E-state index contributed by atoms with van der Waals surface area (Å²) in [4.78, 5) is 29.0. The molecule has 1 unspecified atom stereocenters. The Morgan fingerprint density at radius 3 is 1.88 bits per heavy atom. The van der Waals surface area contributed by atoms with Gasteiger partial charge in [0.15, 0.2) is 0 Å². The highest BCUT2D eigenvalue weighted by atomic mass is 31.1. The molecule has 4 heteroatoms. The number of amides is 2. The van der Waals surface area contributed by atoms with Gasteiger partial charge in [-0.2, -0.15) is 0 Å². The minimum Gasteiger partial charge on any atom is -0.274 e. The van der Waals surface area contributed by atoms with Gasteiger partial charge in [-0.3, -0.25) is 9.59 Å². The number of hydrogen-bond donors (Lipinski definition) is 0. The number of nitrogens with zero attached hydrogens (tertiary/aromatic N) is 1. The van der Waals surface area contributed by atoms with Crippen LogP contribution in [0.4, 0.5) is 5.69 Å². The van der Waals surface area contributed by atoms with E-state index < -0.39 is 7.92 Å². The maximum Gasteiger partial charge on any atom is 0.238 e. The fraction of sp³-hybridized carbons (Fsp3) is 0.467. The number of fused-ring (bicyclic) bond motifs is 5. The van der Waals surface area contributed by atoms with Crippen LogP contribution in [-0.2, 0) is 9.59 Å². The molecule has 0 saturated carbocycles. The number of benzene rings is 2. The first-order valence-corrected chi connectivity index (χ1v) is 14.2. The molecule has 0 aromatic heterocycles. The average molecular weight is 474 g/mol. The van der Waals surface area contributed by atoms with Gasteiger partial charge in [0.1, 0.15) is 0 Å². The molecule has 0 aliphatic carbocycles. The Morgan fingerprint density at radius 1 is 0.794 bits per heavy atom. The first-order valence-electron chi connectivity index (χ1n) is 12.7. The van der Waals surface area contributed by atoms with E-state index >= 15 is 0 Å². The van der Waals surface area contributed by atoms with Gasteiger partial charge in [0.05, 0.1) is 17.5 Å². The van der Waals surface area contributed by atoms with Gasteiger partial charge in [-0.15, -0.1) is 0 Å². The van der Waals surface area contributed by atoms with E-state index in [1.807, 2.05) is 30.3 Å². The number of carbonyl (C=O) groups is 2. The monoisotopic (exact) mass is 473 g/mol. The number of imide groups is 1. The predicted molar refractivity (Wildman–Crippen MR) is 143 cm³/mol. The van der Waals surface area contributed by atoms with Crippen molar-refractivity contribution in [3.8, 4) is 0 Å². The number of para-hydroxylation sites is 1. The Bertz CT molecular complexity index is 1150. The minimum atomic E-state index is -0.664. The van der Waals surface area contributed by atoms with Crippen LogP contribution in [-0.4, -0.2) is 23.1 Å². The summed E-state index contributed by atoms with van der Waals surface area (Å²) in [5.41, 5.74) is 6.58. The Hall–Kier alpha value is -2.25. The molecule has 0 spiro atoms. The molecule has 0 N–H and O–H groups in total. The third-order valence-electron chi connectivity index (χ3n) is 8.00. The number of hydrogen-bond acceptors (Lipinski definition) is 2. The second kappa shape index (κ2) is 8.45. The van der Waals surface area contributed by atoms with Crippen LogP contribution in [0.15, 0.2) is 54.1 Å². The number of allylic oxidation sites excluding steroid dienone is 2. The van der Waals surface area contributed by atoms with E-state index in [4.69, 9.17) is 0 Å². The van der Waals surface area contributed by atoms with Crippen LogP contribution in [0.3, 0.4) is 0 Å². The molecule has 3 aliphatic rings. The van der Waals surface area contributed by atoms with E-state index in [9.17, 15) is 9.59 Å². The lowest BCUT2D eigenvalue weighted by Crippen LogP contribution is -2.35. The molecule has 2 fully saturated rings. The van der Waals surface area contributed by atoms with Gasteiger partial charge < -0.3 is 0 Å². The van der Waals surface area contributed by atoms with Crippen LogP contribution >= 0.6 is 7.92 Å². The van der Waals surface area contributed by atoms with Crippen molar-refractivity contribution in [1.29, 1.82) is 0 Å². The molecule has 2 saturated heterocycles. The molecule has 2 aromatic carbocycles. The van der Waals surface area contributed by atoms with E-state index in [1.165, 1.54) is 32.5 Å². The van der Waals surface area contributed by atoms with Gasteiger partial charge in [-0.05, 0) is 58.8 Å². The van der Waals surface area contributed by atoms with Crippen LogP contribution < -0.4 is 10.2 Å². The largest absolute Gasteiger partial charge is 0.274 e. The maximum absolute atomic E-state index is 13.8. The summed E-state index contributed by atoms with van der Waals surface area (Å²) in [6, 6.07) is 14.3. The van der Waals surface area contributed by atoms with Crippen molar-refractivity contribution in [3.05, 3.63) is 70.8 Å². The fourth-order valence-corrected chi connectivity index (χ4v) is 10.8. The summed E-state index contributed by atoms with van der Waals surface area (Å²) in [5.74, 6) is 0.836. The first-order chi connectivity index (χ1) is 16.1. The number of rotatable bonds is 5. The van der Waals surface area contributed by atoms with Crippen molar-refractivity contribution >= 4 is 30.7 Å². The van der Waals surface area contributed by atoms with Crippen molar-refractivity contribution < 1.29 is 9.59 Å². The van der Waals surface area contributed by atoms with Crippen molar-refractivity contribution in [3.63, 3.8) is 0 Å². The average Bonchev–Trinajstić information content (AvgIpc) is 3.38. The highest BCUT2D eigenvalue weighted by Gasteiger charge is 2.65. The fourth-order valence-electron chi connectivity index (χ4n) is 6.33. The third-order valence-corrected chi connectivity index (χ3v) is 11.5. The molecule has 3 aliphatic heterocycles. The van der Waals surface area contributed by atoms with Crippen molar-refractivity contribution in [2.45, 2.75) is 77.5 Å². The summed E-state index contributed by atoms with van der Waals surface area (Å²) >= 11 is 0. The highest BCUT2D eigenvalue weighted by Crippen LogP contribution is 2.70. The Labute approximate surface area is 205 Å². The number of anilines is 1. The molecule has 2 bridgehead atoms. The van der Waals surface area contributed by atoms with Gasteiger partial charge in [0, 0.05) is 11.3 Å². The zero-order valence-electron chi connectivity index (χ0n) is 21.4. The van der Waals surface area contributed by atoms with Crippen LogP contribution in [0.5, 0.6) is 0 Å². The summed E-state index contributed by atoms with van der Waals surface area (Å²) in [5, 5.41) is 1.48. The molecular weight excluding hydrogens is 437 g/mol. The molecule has 3 heterocycles. The molecule has 34 heavy (non-hydrogen) atoms. The van der Waals surface area contributed by atoms with E-state index in [0.29, 0.717) is 23.4 Å². The first kappa shape index (κ1) is 23.5. The van der Waals surface area contributed by atoms with Crippen molar-refractivity contribution in [2.75, 3.05) is 4.90 Å². The lowest BCUT2D eigenvalue weighted by atomic mass is 9.82. The zero-order chi connectivity index (χ0) is 24.5. The SMILES string of the molecule is CC1=C[C@H]2[C@H]3C(=O)N(c4ccccc4)C(=O)[C@H]3[C@@H]1P2c1c(C(C)C)cc(C(C)C)cc1C(C)C. The topological polar surface area (TPSA) is 37.4 Å². The molecule has 5 atom stereocenters. The summed E-state index contributed by atoms with van der Waals surface area (Å²) in [6.07, 6.45) is 2.35. The summed E-state index contributed by atoms with van der Waals surface area (Å²) in [6.45, 7) is 15.9. The van der Waals surface area contributed by atoms with Gasteiger partial charge >= 0.3 is 0 Å². The lowest BCUT2D eigenvalue weighted by Gasteiger charge is -2.31. The second-order valence-electron chi connectivity index (χ2n) is 11.2. The molecule has 2 aromatic rings. The van der Waals surface area contributed by atoms with Crippen LogP contribution in [0, 0.1) is 11.8 Å². The highest BCUT2D eigenvalue weighted by molar-refractivity contribution is 7.68. The normalized spacial score (nSPS) is 28.0. The Balaban J connectivity index is 1.64. The Kier molecular flexibility index (Phi) is 5.84. The van der Waals surface area contributed by atoms with E-state index in [2.05, 4.69) is 66.7 Å². The molecule has 0 radical (unpaired) electrons. The quantitative estimate of drug-likeness (QED) is 0.276. The molecule has 3 nitrogen and oxygen atoms in total. The molecular formula is C30H36NO2P. The van der Waals surface area contributed by atoms with Gasteiger partial charge in [-0.1, -0.05) is 91.4 Å². The van der Waals surface area contributed by atoms with Crippen LogP contribution in [0.1, 0.15) is 82.9 Å². The van der Waals surface area contributed by atoms with Gasteiger partial charge in [0.25, 0.3) is 0 Å². The standard InChI is InChI=1S/C30H36NO2P/c1-16(2)20-14-22(17(3)4)28(23(15-20)18(5)6)34-24-13-19(7)27(34)26-25(24)29(32)31(30(26)33)21-11-9-8-10-12-21/h8-18,24-27H,1-7H3/t24-,25+,26+,27+,34?/m0/s1.